The molecule has 1 aliphatic rings. The fraction of sp³-hybridized carbons (Fsp3) is 0.286. The Bertz CT molecular complexity index is 979. The van der Waals surface area contributed by atoms with Crippen LogP contribution < -0.4 is 5.48 Å². The van der Waals surface area contributed by atoms with E-state index in [0.29, 0.717) is 31.1 Å². The summed E-state index contributed by atoms with van der Waals surface area (Å²) >= 11 is 0. The average molecular weight is 416 g/mol. The Morgan fingerprint density at radius 1 is 1.10 bits per heavy atom. The number of hydrogen-bond donors (Lipinski definition) is 2. The van der Waals surface area contributed by atoms with Gasteiger partial charge in [0, 0.05) is 38.8 Å². The maximum absolute atomic E-state index is 12.8. The fourth-order valence-electron chi connectivity index (χ4n) is 3.25. The van der Waals surface area contributed by atoms with E-state index in [1.807, 2.05) is 37.3 Å². The number of carbonyl (C=O) groups is 1. The van der Waals surface area contributed by atoms with E-state index in [0.717, 1.165) is 23.2 Å². The van der Waals surface area contributed by atoms with Crippen LogP contribution in [0.1, 0.15) is 16.7 Å². The molecule has 0 aliphatic carbocycles. The summed E-state index contributed by atoms with van der Waals surface area (Å²) in [4.78, 5) is 13.6. The summed E-state index contributed by atoms with van der Waals surface area (Å²) in [5.74, 6) is -0.576. The first-order valence-electron chi connectivity index (χ1n) is 9.39. The van der Waals surface area contributed by atoms with Gasteiger partial charge in [-0.05, 0) is 41.8 Å². The van der Waals surface area contributed by atoms with Crippen molar-refractivity contribution >= 4 is 22.0 Å². The SMILES string of the molecule is Cc1cccc(S(=O)(=O)N2CCN(Cc3ccc(C=CC(=O)NO)cc3)CC2)c1. The number of hydrogen-bond acceptors (Lipinski definition) is 5. The van der Waals surface area contributed by atoms with Gasteiger partial charge < -0.3 is 0 Å². The first-order valence-corrected chi connectivity index (χ1v) is 10.8. The van der Waals surface area contributed by atoms with Crippen LogP contribution in [0.2, 0.25) is 0 Å². The zero-order chi connectivity index (χ0) is 20.9. The second-order valence-electron chi connectivity index (χ2n) is 7.05. The standard InChI is InChI=1S/C21H25N3O4S/c1-17-3-2-4-20(15-17)29(27,28)24-13-11-23(12-14-24)16-19-7-5-18(6-8-19)9-10-21(25)22-26/h2-10,15,26H,11-14,16H2,1H3,(H,22,25). The summed E-state index contributed by atoms with van der Waals surface area (Å²) in [6.07, 6.45) is 2.87. The van der Waals surface area contributed by atoms with Gasteiger partial charge in [-0.3, -0.25) is 14.9 Å². The second-order valence-corrected chi connectivity index (χ2v) is 8.99. The molecule has 7 nitrogen and oxygen atoms in total. The zero-order valence-corrected chi connectivity index (χ0v) is 17.1. The third-order valence-corrected chi connectivity index (χ3v) is 6.78. The smallest absolute Gasteiger partial charge is 0.267 e. The van der Waals surface area contributed by atoms with Gasteiger partial charge in [-0.2, -0.15) is 4.31 Å². The molecule has 2 aromatic carbocycles. The minimum absolute atomic E-state index is 0.351. The van der Waals surface area contributed by atoms with E-state index in [9.17, 15) is 13.2 Å². The minimum atomic E-state index is -3.45. The quantitative estimate of drug-likeness (QED) is 0.428. The highest BCUT2D eigenvalue weighted by Crippen LogP contribution is 2.19. The van der Waals surface area contributed by atoms with Crippen molar-refractivity contribution in [1.82, 2.24) is 14.7 Å². The van der Waals surface area contributed by atoms with Crippen LogP contribution in [0.4, 0.5) is 0 Å². The molecule has 2 aromatic rings. The van der Waals surface area contributed by atoms with Gasteiger partial charge in [-0.15, -0.1) is 0 Å². The number of amides is 1. The minimum Gasteiger partial charge on any atom is -0.296 e. The Kier molecular flexibility index (Phi) is 6.81. The molecule has 1 fully saturated rings. The van der Waals surface area contributed by atoms with Gasteiger partial charge in [0.15, 0.2) is 0 Å². The van der Waals surface area contributed by atoms with Crippen LogP contribution in [0.3, 0.4) is 0 Å². The number of carbonyl (C=O) groups excluding carboxylic acids is 1. The zero-order valence-electron chi connectivity index (χ0n) is 16.3. The molecule has 1 saturated heterocycles. The molecule has 154 valence electrons. The molecule has 1 aliphatic heterocycles. The molecule has 3 rings (SSSR count). The molecular weight excluding hydrogens is 390 g/mol. The second kappa shape index (κ2) is 9.32. The van der Waals surface area contributed by atoms with Crippen LogP contribution in [-0.4, -0.2) is 54.9 Å². The van der Waals surface area contributed by atoms with Crippen molar-refractivity contribution in [2.45, 2.75) is 18.4 Å². The molecule has 0 atom stereocenters. The highest BCUT2D eigenvalue weighted by Gasteiger charge is 2.28. The molecule has 0 aromatic heterocycles. The summed E-state index contributed by atoms with van der Waals surface area (Å²) in [6, 6.07) is 14.8. The summed E-state index contributed by atoms with van der Waals surface area (Å²) in [7, 11) is -3.45. The van der Waals surface area contributed by atoms with Gasteiger partial charge >= 0.3 is 0 Å². The summed E-state index contributed by atoms with van der Waals surface area (Å²) in [6.45, 7) is 4.90. The number of benzene rings is 2. The predicted octanol–water partition coefficient (Wildman–Crippen LogP) is 2.02. The van der Waals surface area contributed by atoms with Crippen LogP contribution in [0.5, 0.6) is 0 Å². The van der Waals surface area contributed by atoms with Crippen molar-refractivity contribution < 1.29 is 18.4 Å². The molecule has 0 radical (unpaired) electrons. The van der Waals surface area contributed by atoms with E-state index in [2.05, 4.69) is 4.90 Å². The number of sulfonamides is 1. The molecule has 1 amide bonds. The lowest BCUT2D eigenvalue weighted by Crippen LogP contribution is -2.48. The maximum atomic E-state index is 12.8. The lowest BCUT2D eigenvalue weighted by molar-refractivity contribution is -0.124. The number of nitrogens with zero attached hydrogens (tertiary/aromatic N) is 2. The van der Waals surface area contributed by atoms with Crippen molar-refractivity contribution in [3.05, 3.63) is 71.3 Å². The molecule has 29 heavy (non-hydrogen) atoms. The third kappa shape index (κ3) is 5.51. The van der Waals surface area contributed by atoms with Crippen LogP contribution >= 0.6 is 0 Å². The highest BCUT2D eigenvalue weighted by molar-refractivity contribution is 7.89. The third-order valence-electron chi connectivity index (χ3n) is 4.88. The Hall–Kier alpha value is -2.52. The van der Waals surface area contributed by atoms with Crippen molar-refractivity contribution in [1.29, 1.82) is 0 Å². The van der Waals surface area contributed by atoms with Crippen molar-refractivity contribution in [2.75, 3.05) is 26.2 Å². The first-order chi connectivity index (χ1) is 13.9. The van der Waals surface area contributed by atoms with Gasteiger partial charge in [0.1, 0.15) is 0 Å². The van der Waals surface area contributed by atoms with E-state index in [-0.39, 0.29) is 0 Å². The van der Waals surface area contributed by atoms with Gasteiger partial charge in [0.25, 0.3) is 5.91 Å². The average Bonchev–Trinajstić information content (AvgIpc) is 2.73. The van der Waals surface area contributed by atoms with Crippen molar-refractivity contribution in [3.63, 3.8) is 0 Å². The number of hydroxylamine groups is 1. The molecule has 8 heteroatoms. The highest BCUT2D eigenvalue weighted by atomic mass is 32.2. The number of piperazine rings is 1. The fourth-order valence-corrected chi connectivity index (χ4v) is 4.78. The Morgan fingerprint density at radius 3 is 2.41 bits per heavy atom. The van der Waals surface area contributed by atoms with E-state index in [1.54, 1.807) is 34.1 Å². The summed E-state index contributed by atoms with van der Waals surface area (Å²) in [5.41, 5.74) is 4.45. The van der Waals surface area contributed by atoms with Crippen molar-refractivity contribution in [3.8, 4) is 0 Å². The molecule has 0 saturated carbocycles. The van der Waals surface area contributed by atoms with E-state index >= 15 is 0 Å². The topological polar surface area (TPSA) is 90.0 Å². The molecule has 0 bridgehead atoms. The molecular formula is C21H25N3O4S. The van der Waals surface area contributed by atoms with Crippen LogP contribution in [0.25, 0.3) is 6.08 Å². The Labute approximate surface area is 171 Å². The molecule has 1 heterocycles. The number of nitrogens with one attached hydrogen (secondary N) is 1. The normalized spacial score (nSPS) is 16.2. The van der Waals surface area contributed by atoms with Crippen molar-refractivity contribution in [2.24, 2.45) is 0 Å². The lowest BCUT2D eigenvalue weighted by atomic mass is 10.1. The maximum Gasteiger partial charge on any atom is 0.267 e. The van der Waals surface area contributed by atoms with Crippen LogP contribution in [-0.2, 0) is 21.4 Å². The largest absolute Gasteiger partial charge is 0.296 e. The Balaban J connectivity index is 1.56. The monoisotopic (exact) mass is 415 g/mol. The van der Waals surface area contributed by atoms with Crippen LogP contribution in [0.15, 0.2) is 59.5 Å². The molecule has 0 spiro atoms. The predicted molar refractivity (Wildman–Crippen MR) is 111 cm³/mol. The van der Waals surface area contributed by atoms with Gasteiger partial charge in [0.2, 0.25) is 10.0 Å². The van der Waals surface area contributed by atoms with E-state index < -0.39 is 15.9 Å². The summed E-state index contributed by atoms with van der Waals surface area (Å²) < 4.78 is 27.2. The van der Waals surface area contributed by atoms with E-state index in [1.165, 1.54) is 6.08 Å². The van der Waals surface area contributed by atoms with Gasteiger partial charge in [0.05, 0.1) is 4.90 Å². The first kappa shape index (κ1) is 21.2. The Morgan fingerprint density at radius 2 is 1.79 bits per heavy atom. The lowest BCUT2D eigenvalue weighted by Gasteiger charge is -2.34. The van der Waals surface area contributed by atoms with E-state index in [4.69, 9.17) is 5.21 Å². The molecule has 0 unspecified atom stereocenters. The molecule has 2 N–H and O–H groups in total. The van der Waals surface area contributed by atoms with Gasteiger partial charge in [-0.25, -0.2) is 13.9 Å². The van der Waals surface area contributed by atoms with Gasteiger partial charge in [-0.1, -0.05) is 36.4 Å². The van der Waals surface area contributed by atoms with Crippen LogP contribution in [0, 0.1) is 6.92 Å². The summed E-state index contributed by atoms with van der Waals surface area (Å²) in [5, 5.41) is 8.49. The number of aryl methyl sites for hydroxylation is 1. The number of rotatable bonds is 6.